The molecule has 0 aromatic rings. The number of carbonyl (C=O) groups is 1. The number of rotatable bonds is 5. The van der Waals surface area contributed by atoms with Gasteiger partial charge in [0.25, 0.3) is 0 Å². The third-order valence-corrected chi connectivity index (χ3v) is 6.91. The molecule has 0 bridgehead atoms. The molecule has 0 aromatic heterocycles. The van der Waals surface area contributed by atoms with E-state index in [1.165, 1.54) is 32.1 Å². The minimum atomic E-state index is -3.18. The lowest BCUT2D eigenvalue weighted by molar-refractivity contribution is 0.225. The van der Waals surface area contributed by atoms with E-state index >= 15 is 0 Å². The zero-order valence-corrected chi connectivity index (χ0v) is 14.6. The first-order valence-electron chi connectivity index (χ1n) is 7.90. The Balaban J connectivity index is 2.31. The van der Waals surface area contributed by atoms with Crippen molar-refractivity contribution in [2.45, 2.75) is 70.6 Å². The quantitative estimate of drug-likeness (QED) is 0.817. The number of urea groups is 1. The molecule has 2 amide bonds. The summed E-state index contributed by atoms with van der Waals surface area (Å²) in [5.74, 6) is 0.518. The number of hydrogen-bond acceptors (Lipinski definition) is 3. The Morgan fingerprint density at radius 2 is 1.76 bits per heavy atom. The molecule has 5 nitrogen and oxygen atoms in total. The van der Waals surface area contributed by atoms with Crippen LogP contribution in [0.2, 0.25) is 0 Å². The number of amides is 2. The van der Waals surface area contributed by atoms with E-state index in [0.29, 0.717) is 5.92 Å². The van der Waals surface area contributed by atoms with E-state index in [9.17, 15) is 13.2 Å². The Kier molecular flexibility index (Phi) is 6.50. The highest BCUT2D eigenvalue weighted by Gasteiger charge is 2.28. The summed E-state index contributed by atoms with van der Waals surface area (Å²) in [4.78, 5) is 11.8. The average Bonchev–Trinajstić information content (AvgIpc) is 2.38. The summed E-state index contributed by atoms with van der Waals surface area (Å²) in [5, 5.41) is 5.58. The third-order valence-electron chi connectivity index (χ3n) is 4.31. The first kappa shape index (κ1) is 18.3. The average molecular weight is 318 g/mol. The molecule has 6 heteroatoms. The van der Waals surface area contributed by atoms with Crippen LogP contribution in [-0.4, -0.2) is 37.5 Å². The van der Waals surface area contributed by atoms with Gasteiger partial charge in [0.15, 0.2) is 9.84 Å². The number of sulfone groups is 1. The van der Waals surface area contributed by atoms with Crippen LogP contribution in [0.3, 0.4) is 0 Å². The molecule has 1 fully saturated rings. The Morgan fingerprint density at radius 3 is 2.29 bits per heavy atom. The van der Waals surface area contributed by atoms with Crippen molar-refractivity contribution in [1.29, 1.82) is 0 Å². The van der Waals surface area contributed by atoms with Gasteiger partial charge in [-0.1, -0.05) is 19.3 Å². The fraction of sp³-hybridized carbons (Fsp3) is 0.933. The van der Waals surface area contributed by atoms with Crippen molar-refractivity contribution in [1.82, 2.24) is 10.6 Å². The summed E-state index contributed by atoms with van der Waals surface area (Å²) in [5.41, 5.74) is 0. The molecule has 0 spiro atoms. The zero-order chi connectivity index (χ0) is 16.1. The topological polar surface area (TPSA) is 75.3 Å². The molecule has 1 atom stereocenters. The molecule has 1 aliphatic carbocycles. The van der Waals surface area contributed by atoms with E-state index in [-0.39, 0.29) is 24.4 Å². The monoisotopic (exact) mass is 318 g/mol. The van der Waals surface area contributed by atoms with E-state index in [1.807, 2.05) is 6.92 Å². The van der Waals surface area contributed by atoms with Gasteiger partial charge in [0.2, 0.25) is 0 Å². The number of carbonyl (C=O) groups excluding carboxylic acids is 1. The Bertz CT molecular complexity index is 434. The highest BCUT2D eigenvalue weighted by atomic mass is 32.2. The minimum absolute atomic E-state index is 0.0261. The summed E-state index contributed by atoms with van der Waals surface area (Å²) < 4.78 is 23.1. The lowest BCUT2D eigenvalue weighted by Crippen LogP contribution is -2.46. The van der Waals surface area contributed by atoms with E-state index in [0.717, 1.165) is 0 Å². The van der Waals surface area contributed by atoms with Crippen LogP contribution in [0.15, 0.2) is 0 Å². The number of hydrogen-bond donors (Lipinski definition) is 2. The highest BCUT2D eigenvalue weighted by Crippen LogP contribution is 2.26. The maximum atomic E-state index is 11.9. The maximum Gasteiger partial charge on any atom is 0.315 e. The van der Waals surface area contributed by atoms with Crippen molar-refractivity contribution in [2.75, 3.05) is 12.3 Å². The van der Waals surface area contributed by atoms with Gasteiger partial charge in [-0.15, -0.1) is 0 Å². The first-order valence-corrected chi connectivity index (χ1v) is 9.55. The van der Waals surface area contributed by atoms with Gasteiger partial charge in [-0.3, -0.25) is 0 Å². The zero-order valence-electron chi connectivity index (χ0n) is 13.7. The van der Waals surface area contributed by atoms with E-state index in [2.05, 4.69) is 10.6 Å². The largest absolute Gasteiger partial charge is 0.337 e. The molecule has 1 unspecified atom stereocenters. The predicted octanol–water partition coefficient (Wildman–Crippen LogP) is 2.47. The lowest BCUT2D eigenvalue weighted by Gasteiger charge is -2.28. The van der Waals surface area contributed by atoms with E-state index in [4.69, 9.17) is 0 Å². The second-order valence-electron chi connectivity index (χ2n) is 7.02. The third kappa shape index (κ3) is 5.85. The van der Waals surface area contributed by atoms with Gasteiger partial charge in [0.05, 0.1) is 10.5 Å². The molecule has 0 aromatic carbocycles. The van der Waals surface area contributed by atoms with Crippen molar-refractivity contribution in [3.05, 3.63) is 0 Å². The molecule has 1 aliphatic rings. The lowest BCUT2D eigenvalue weighted by atomic mass is 9.85. The van der Waals surface area contributed by atoms with Crippen LogP contribution in [0, 0.1) is 5.92 Å². The summed E-state index contributed by atoms with van der Waals surface area (Å²) in [7, 11) is -3.18. The Morgan fingerprint density at radius 1 is 1.19 bits per heavy atom. The van der Waals surface area contributed by atoms with Crippen molar-refractivity contribution >= 4 is 15.9 Å². The smallest absolute Gasteiger partial charge is 0.315 e. The van der Waals surface area contributed by atoms with Crippen LogP contribution in [0.4, 0.5) is 4.79 Å². The fourth-order valence-electron chi connectivity index (χ4n) is 2.61. The molecular formula is C15H30N2O3S. The van der Waals surface area contributed by atoms with E-state index in [1.54, 1.807) is 20.8 Å². The molecule has 1 rings (SSSR count). The Labute approximate surface area is 129 Å². The molecular weight excluding hydrogens is 288 g/mol. The Hall–Kier alpha value is -0.780. The SMILES string of the molecule is CC(NC(=O)NCCS(=O)(=O)C(C)(C)C)C1CCCCC1. The van der Waals surface area contributed by atoms with Gasteiger partial charge in [0, 0.05) is 12.6 Å². The molecule has 21 heavy (non-hydrogen) atoms. The number of nitrogens with one attached hydrogen (secondary N) is 2. The van der Waals surface area contributed by atoms with Crippen molar-refractivity contribution in [2.24, 2.45) is 5.92 Å². The first-order chi connectivity index (χ1) is 9.63. The van der Waals surface area contributed by atoms with Gasteiger partial charge in [-0.25, -0.2) is 13.2 Å². The van der Waals surface area contributed by atoms with E-state index < -0.39 is 14.6 Å². The van der Waals surface area contributed by atoms with Crippen LogP contribution in [0.25, 0.3) is 0 Å². The standard InChI is InChI=1S/C15H30N2O3S/c1-12(13-8-6-5-7-9-13)17-14(18)16-10-11-21(19,20)15(2,3)4/h12-13H,5-11H2,1-4H3,(H2,16,17,18). The van der Waals surface area contributed by atoms with Gasteiger partial charge in [-0.2, -0.15) is 0 Å². The van der Waals surface area contributed by atoms with Gasteiger partial charge in [-0.05, 0) is 46.5 Å². The van der Waals surface area contributed by atoms with Crippen LogP contribution < -0.4 is 10.6 Å². The van der Waals surface area contributed by atoms with Crippen LogP contribution in [0.5, 0.6) is 0 Å². The summed E-state index contributed by atoms with van der Waals surface area (Å²) in [6.07, 6.45) is 6.10. The summed E-state index contributed by atoms with van der Waals surface area (Å²) in [6.45, 7) is 7.21. The molecule has 124 valence electrons. The predicted molar refractivity (Wildman–Crippen MR) is 86.1 cm³/mol. The van der Waals surface area contributed by atoms with Crippen LogP contribution in [0.1, 0.15) is 59.8 Å². The van der Waals surface area contributed by atoms with Gasteiger partial charge >= 0.3 is 6.03 Å². The van der Waals surface area contributed by atoms with Gasteiger partial charge < -0.3 is 10.6 Å². The van der Waals surface area contributed by atoms with Crippen molar-refractivity contribution in [3.8, 4) is 0 Å². The molecule has 0 radical (unpaired) electrons. The molecule has 0 aliphatic heterocycles. The normalized spacial score (nSPS) is 19.0. The highest BCUT2D eigenvalue weighted by molar-refractivity contribution is 7.92. The molecule has 0 heterocycles. The molecule has 0 saturated heterocycles. The van der Waals surface area contributed by atoms with Gasteiger partial charge in [0.1, 0.15) is 0 Å². The second-order valence-corrected chi connectivity index (χ2v) is 9.88. The van der Waals surface area contributed by atoms with Crippen molar-refractivity contribution in [3.63, 3.8) is 0 Å². The van der Waals surface area contributed by atoms with Crippen LogP contribution >= 0.6 is 0 Å². The van der Waals surface area contributed by atoms with Crippen LogP contribution in [-0.2, 0) is 9.84 Å². The molecule has 2 N–H and O–H groups in total. The maximum absolute atomic E-state index is 11.9. The minimum Gasteiger partial charge on any atom is -0.337 e. The molecule has 1 saturated carbocycles. The fourth-order valence-corrected chi connectivity index (χ4v) is 3.60. The summed E-state index contributed by atoms with van der Waals surface area (Å²) in [6, 6.07) is -0.123. The van der Waals surface area contributed by atoms with Crippen molar-refractivity contribution < 1.29 is 13.2 Å². The summed E-state index contributed by atoms with van der Waals surface area (Å²) >= 11 is 0. The second kappa shape index (κ2) is 7.47.